The van der Waals surface area contributed by atoms with Crippen molar-refractivity contribution in [3.8, 4) is 0 Å². The smallest absolute Gasteiger partial charge is 0.209 e. The maximum Gasteiger partial charge on any atom is 0.209 e. The highest BCUT2D eigenvalue weighted by Crippen LogP contribution is 2.23. The van der Waals surface area contributed by atoms with E-state index >= 15 is 0 Å². The molecule has 2 aliphatic rings. The fourth-order valence-electron chi connectivity index (χ4n) is 3.75. The minimum absolute atomic E-state index is 0.748. The lowest BCUT2D eigenvalue weighted by Crippen LogP contribution is -2.47. The van der Waals surface area contributed by atoms with Crippen molar-refractivity contribution < 1.29 is 4.79 Å². The minimum Gasteiger partial charge on any atom is -0.368 e. The van der Waals surface area contributed by atoms with E-state index in [0.29, 0.717) is 0 Å². The summed E-state index contributed by atoms with van der Waals surface area (Å²) in [5, 5.41) is 0. The van der Waals surface area contributed by atoms with Crippen LogP contribution in [-0.4, -0.2) is 73.6 Å². The first-order valence-corrected chi connectivity index (χ1v) is 9.58. The molecule has 0 aliphatic carbocycles. The van der Waals surface area contributed by atoms with Crippen molar-refractivity contribution in [2.75, 3.05) is 67.1 Å². The molecule has 142 valence electrons. The van der Waals surface area contributed by atoms with Crippen molar-refractivity contribution in [3.63, 3.8) is 0 Å². The highest BCUT2D eigenvalue weighted by molar-refractivity contribution is 5.54. The second kappa shape index (κ2) is 7.82. The second-order valence-electron chi connectivity index (χ2n) is 7.07. The average molecular weight is 366 g/mol. The van der Waals surface area contributed by atoms with Gasteiger partial charge in [0.05, 0.1) is 0 Å². The number of amides is 1. The van der Waals surface area contributed by atoms with Gasteiger partial charge in [0.25, 0.3) is 0 Å². The molecule has 7 heteroatoms. The normalized spacial score (nSPS) is 18.0. The molecule has 4 rings (SSSR count). The zero-order valence-electron chi connectivity index (χ0n) is 15.8. The van der Waals surface area contributed by atoms with Crippen molar-refractivity contribution in [3.05, 3.63) is 42.2 Å². The third kappa shape index (κ3) is 3.97. The molecule has 1 aromatic heterocycles. The van der Waals surface area contributed by atoms with E-state index in [1.165, 1.54) is 5.69 Å². The van der Waals surface area contributed by atoms with Crippen molar-refractivity contribution in [1.29, 1.82) is 0 Å². The summed E-state index contributed by atoms with van der Waals surface area (Å²) in [7, 11) is 0. The Hall–Kier alpha value is -2.83. The molecule has 0 saturated carbocycles. The van der Waals surface area contributed by atoms with Crippen molar-refractivity contribution in [2.45, 2.75) is 6.92 Å². The standard InChI is InChI=1S/C20H26N6O/c1-17-21-19(25-9-7-23(16-27)8-10-25)15-20(22-17)26-13-11-24(12-14-26)18-5-3-2-4-6-18/h2-6,15-16H,7-14H2,1H3. The molecule has 0 N–H and O–H groups in total. The number of aryl methyl sites for hydroxylation is 1. The first-order valence-electron chi connectivity index (χ1n) is 9.58. The number of hydrogen-bond donors (Lipinski definition) is 0. The molecule has 0 bridgehead atoms. The van der Waals surface area contributed by atoms with Crippen LogP contribution < -0.4 is 14.7 Å². The van der Waals surface area contributed by atoms with Gasteiger partial charge in [-0.2, -0.15) is 0 Å². The molecule has 27 heavy (non-hydrogen) atoms. The third-order valence-electron chi connectivity index (χ3n) is 5.32. The SMILES string of the molecule is Cc1nc(N2CCN(C=O)CC2)cc(N2CCN(c3ccccc3)CC2)n1. The molecule has 0 radical (unpaired) electrons. The van der Waals surface area contributed by atoms with E-state index < -0.39 is 0 Å². The molecule has 0 unspecified atom stereocenters. The lowest BCUT2D eigenvalue weighted by Gasteiger charge is -2.37. The number of nitrogens with zero attached hydrogens (tertiary/aromatic N) is 6. The molecule has 2 aromatic rings. The van der Waals surface area contributed by atoms with Crippen LogP contribution in [0.5, 0.6) is 0 Å². The van der Waals surface area contributed by atoms with E-state index in [1.54, 1.807) is 0 Å². The number of para-hydroxylation sites is 1. The van der Waals surface area contributed by atoms with E-state index in [4.69, 9.17) is 0 Å². The zero-order valence-corrected chi connectivity index (χ0v) is 15.8. The molecule has 3 heterocycles. The molecule has 7 nitrogen and oxygen atoms in total. The van der Waals surface area contributed by atoms with Crippen LogP contribution in [0.15, 0.2) is 36.4 Å². The van der Waals surface area contributed by atoms with Gasteiger partial charge in [-0.1, -0.05) is 18.2 Å². The summed E-state index contributed by atoms with van der Waals surface area (Å²) < 4.78 is 0. The lowest BCUT2D eigenvalue weighted by molar-refractivity contribution is -0.118. The first-order chi connectivity index (χ1) is 13.2. The number of aromatic nitrogens is 2. The van der Waals surface area contributed by atoms with Crippen molar-refractivity contribution in [1.82, 2.24) is 14.9 Å². The number of rotatable bonds is 4. The van der Waals surface area contributed by atoms with Gasteiger partial charge >= 0.3 is 0 Å². The van der Waals surface area contributed by atoms with Gasteiger partial charge in [-0.05, 0) is 19.1 Å². The van der Waals surface area contributed by atoms with Crippen LogP contribution in [0.2, 0.25) is 0 Å². The van der Waals surface area contributed by atoms with E-state index in [2.05, 4.69) is 61.1 Å². The molecule has 2 saturated heterocycles. The quantitative estimate of drug-likeness (QED) is 0.763. The van der Waals surface area contributed by atoms with Gasteiger partial charge in [0.2, 0.25) is 6.41 Å². The summed E-state index contributed by atoms with van der Waals surface area (Å²) in [6.45, 7) is 8.95. The van der Waals surface area contributed by atoms with Gasteiger partial charge < -0.3 is 19.6 Å². The summed E-state index contributed by atoms with van der Waals surface area (Å²) >= 11 is 0. The molecule has 1 amide bonds. The fraction of sp³-hybridized carbons (Fsp3) is 0.450. The Morgan fingerprint density at radius 1 is 0.778 bits per heavy atom. The van der Waals surface area contributed by atoms with Gasteiger partial charge in [0, 0.05) is 64.1 Å². The van der Waals surface area contributed by atoms with Crippen LogP contribution >= 0.6 is 0 Å². The molecule has 1 aromatic carbocycles. The van der Waals surface area contributed by atoms with Crippen LogP contribution in [0.3, 0.4) is 0 Å². The summed E-state index contributed by atoms with van der Waals surface area (Å²) in [6.07, 6.45) is 0.931. The van der Waals surface area contributed by atoms with Crippen LogP contribution in [-0.2, 0) is 4.79 Å². The number of benzene rings is 1. The predicted octanol–water partition coefficient (Wildman–Crippen LogP) is 1.39. The average Bonchev–Trinajstić information content (AvgIpc) is 2.74. The lowest BCUT2D eigenvalue weighted by atomic mass is 10.2. The second-order valence-corrected chi connectivity index (χ2v) is 7.07. The highest BCUT2D eigenvalue weighted by atomic mass is 16.1. The van der Waals surface area contributed by atoms with E-state index in [9.17, 15) is 4.79 Å². The fourth-order valence-corrected chi connectivity index (χ4v) is 3.75. The van der Waals surface area contributed by atoms with Crippen LogP contribution in [0, 0.1) is 6.92 Å². The maximum atomic E-state index is 10.9. The summed E-state index contributed by atoms with van der Waals surface area (Å²) in [5.74, 6) is 2.77. The maximum absolute atomic E-state index is 10.9. The van der Waals surface area contributed by atoms with Crippen molar-refractivity contribution >= 4 is 23.7 Å². The summed E-state index contributed by atoms with van der Waals surface area (Å²) in [4.78, 5) is 29.1. The summed E-state index contributed by atoms with van der Waals surface area (Å²) in [6, 6.07) is 12.7. The highest BCUT2D eigenvalue weighted by Gasteiger charge is 2.22. The summed E-state index contributed by atoms with van der Waals surface area (Å²) in [5.41, 5.74) is 1.28. The minimum atomic E-state index is 0.748. The monoisotopic (exact) mass is 366 g/mol. The number of carbonyl (C=O) groups is 1. The van der Waals surface area contributed by atoms with Gasteiger partial charge in [0.1, 0.15) is 17.5 Å². The van der Waals surface area contributed by atoms with Gasteiger partial charge in [-0.25, -0.2) is 9.97 Å². The van der Waals surface area contributed by atoms with Crippen LogP contribution in [0.25, 0.3) is 0 Å². The molecule has 2 aliphatic heterocycles. The Labute approximate surface area is 160 Å². The Morgan fingerprint density at radius 3 is 1.85 bits per heavy atom. The Bertz CT molecular complexity index is 767. The van der Waals surface area contributed by atoms with E-state index in [1.807, 2.05) is 11.8 Å². The molecular weight excluding hydrogens is 340 g/mol. The third-order valence-corrected chi connectivity index (χ3v) is 5.32. The Morgan fingerprint density at radius 2 is 1.30 bits per heavy atom. The van der Waals surface area contributed by atoms with Crippen molar-refractivity contribution in [2.24, 2.45) is 0 Å². The van der Waals surface area contributed by atoms with E-state index in [0.717, 1.165) is 76.2 Å². The predicted molar refractivity (Wildman–Crippen MR) is 107 cm³/mol. The number of piperazine rings is 2. The van der Waals surface area contributed by atoms with Crippen LogP contribution in [0.1, 0.15) is 5.82 Å². The molecule has 0 spiro atoms. The molecular formula is C20H26N6O. The van der Waals surface area contributed by atoms with Gasteiger partial charge in [-0.15, -0.1) is 0 Å². The van der Waals surface area contributed by atoms with Gasteiger partial charge in [-0.3, -0.25) is 4.79 Å². The Balaban J connectivity index is 1.44. The van der Waals surface area contributed by atoms with Gasteiger partial charge in [0.15, 0.2) is 0 Å². The van der Waals surface area contributed by atoms with E-state index in [-0.39, 0.29) is 0 Å². The zero-order chi connectivity index (χ0) is 18.6. The Kier molecular flexibility index (Phi) is 5.09. The molecule has 0 atom stereocenters. The first kappa shape index (κ1) is 17.6. The molecule has 2 fully saturated rings. The topological polar surface area (TPSA) is 55.8 Å². The number of anilines is 3. The largest absolute Gasteiger partial charge is 0.368 e. The number of carbonyl (C=O) groups excluding carboxylic acids is 1. The van der Waals surface area contributed by atoms with Crippen LogP contribution in [0.4, 0.5) is 17.3 Å². The number of hydrogen-bond acceptors (Lipinski definition) is 6.